The van der Waals surface area contributed by atoms with E-state index in [2.05, 4.69) is 41.9 Å². The Hall–Kier alpha value is -0.450. The predicted molar refractivity (Wildman–Crippen MR) is 82.5 cm³/mol. The van der Waals surface area contributed by atoms with Gasteiger partial charge in [0.2, 0.25) is 0 Å². The minimum atomic E-state index is 0.808. The Balaban J connectivity index is 1.86. The Morgan fingerprint density at radius 1 is 1.47 bits per heavy atom. The van der Waals surface area contributed by atoms with Crippen molar-refractivity contribution in [3.05, 3.63) is 23.7 Å². The molecule has 1 aliphatic heterocycles. The lowest BCUT2D eigenvalue weighted by Crippen LogP contribution is -2.37. The highest BCUT2D eigenvalue weighted by molar-refractivity contribution is 8.00. The van der Waals surface area contributed by atoms with E-state index in [0.717, 1.165) is 37.1 Å². The molecule has 0 radical (unpaired) electrons. The fourth-order valence-corrected chi connectivity index (χ4v) is 3.70. The van der Waals surface area contributed by atoms with Crippen molar-refractivity contribution in [2.75, 3.05) is 25.4 Å². The van der Waals surface area contributed by atoms with Crippen LogP contribution in [0.25, 0.3) is 0 Å². The quantitative estimate of drug-likeness (QED) is 0.778. The maximum Gasteiger partial charge on any atom is 0.122 e. The molecule has 0 aliphatic carbocycles. The third kappa shape index (κ3) is 4.55. The van der Waals surface area contributed by atoms with E-state index in [1.165, 1.54) is 30.8 Å². The van der Waals surface area contributed by atoms with Gasteiger partial charge in [0.25, 0.3) is 0 Å². The van der Waals surface area contributed by atoms with Crippen LogP contribution in [0.4, 0.5) is 0 Å². The molecule has 0 saturated carbocycles. The predicted octanol–water partition coefficient (Wildman–Crippen LogP) is 3.11. The van der Waals surface area contributed by atoms with Crippen molar-refractivity contribution in [2.45, 2.75) is 45.0 Å². The summed E-state index contributed by atoms with van der Waals surface area (Å²) in [5.74, 6) is 2.37. The lowest BCUT2D eigenvalue weighted by Gasteiger charge is -2.31. The van der Waals surface area contributed by atoms with Gasteiger partial charge < -0.3 is 9.73 Å². The summed E-state index contributed by atoms with van der Waals surface area (Å²) in [4.78, 5) is 2.57. The Labute approximate surface area is 121 Å². The maximum atomic E-state index is 5.61. The molecule has 1 aromatic rings. The van der Waals surface area contributed by atoms with Crippen LogP contribution in [0.5, 0.6) is 0 Å². The van der Waals surface area contributed by atoms with Crippen molar-refractivity contribution < 1.29 is 4.42 Å². The van der Waals surface area contributed by atoms with Crippen molar-refractivity contribution in [3.8, 4) is 0 Å². The standard InChI is InChI=1S/C15H26N2OS/c1-3-6-16-10-15-13(5-8-18-15)11-17-7-9-19-14(4-2)12-17/h5,8,14,16H,3-4,6-7,9-12H2,1-2H3. The largest absolute Gasteiger partial charge is 0.468 e. The fraction of sp³-hybridized carbons (Fsp3) is 0.733. The molecule has 3 nitrogen and oxygen atoms in total. The number of hydrogen-bond acceptors (Lipinski definition) is 4. The van der Waals surface area contributed by atoms with Crippen LogP contribution < -0.4 is 5.32 Å². The molecule has 4 heteroatoms. The summed E-state index contributed by atoms with van der Waals surface area (Å²) in [6.07, 6.45) is 4.27. The highest BCUT2D eigenvalue weighted by atomic mass is 32.2. The molecule has 2 heterocycles. The average molecular weight is 282 g/mol. The SMILES string of the molecule is CCCNCc1occc1CN1CCSC(CC)C1. The third-order valence-electron chi connectivity index (χ3n) is 3.62. The van der Waals surface area contributed by atoms with E-state index in [-0.39, 0.29) is 0 Å². The van der Waals surface area contributed by atoms with Crippen molar-refractivity contribution in [2.24, 2.45) is 0 Å². The molecule has 0 spiro atoms. The minimum Gasteiger partial charge on any atom is -0.468 e. The zero-order valence-corrected chi connectivity index (χ0v) is 13.0. The summed E-state index contributed by atoms with van der Waals surface area (Å²) in [5.41, 5.74) is 1.35. The summed E-state index contributed by atoms with van der Waals surface area (Å²) < 4.78 is 5.61. The number of thioether (sulfide) groups is 1. The van der Waals surface area contributed by atoms with E-state index in [9.17, 15) is 0 Å². The zero-order chi connectivity index (χ0) is 13.5. The van der Waals surface area contributed by atoms with Gasteiger partial charge in [0.1, 0.15) is 5.76 Å². The molecule has 0 amide bonds. The molecular weight excluding hydrogens is 256 g/mol. The lowest BCUT2D eigenvalue weighted by atomic mass is 10.2. The minimum absolute atomic E-state index is 0.808. The smallest absolute Gasteiger partial charge is 0.122 e. The van der Waals surface area contributed by atoms with E-state index >= 15 is 0 Å². The molecule has 1 aliphatic rings. The van der Waals surface area contributed by atoms with Crippen LogP contribution in [0.15, 0.2) is 16.7 Å². The van der Waals surface area contributed by atoms with E-state index in [1.807, 2.05) is 6.26 Å². The number of hydrogen-bond donors (Lipinski definition) is 1. The van der Waals surface area contributed by atoms with Crippen molar-refractivity contribution >= 4 is 11.8 Å². The summed E-state index contributed by atoms with van der Waals surface area (Å²) in [5, 5.41) is 4.23. The lowest BCUT2D eigenvalue weighted by molar-refractivity contribution is 0.270. The molecule has 1 atom stereocenters. The van der Waals surface area contributed by atoms with E-state index in [4.69, 9.17) is 4.42 Å². The molecule has 108 valence electrons. The first-order valence-corrected chi connectivity index (χ1v) is 8.48. The molecule has 1 unspecified atom stereocenters. The molecule has 2 rings (SSSR count). The van der Waals surface area contributed by atoms with Gasteiger partial charge in [-0.15, -0.1) is 0 Å². The summed E-state index contributed by atoms with van der Waals surface area (Å²) in [7, 11) is 0. The van der Waals surface area contributed by atoms with Crippen LogP contribution in [-0.2, 0) is 13.1 Å². The van der Waals surface area contributed by atoms with Crippen LogP contribution in [0.1, 0.15) is 38.0 Å². The zero-order valence-electron chi connectivity index (χ0n) is 12.2. The van der Waals surface area contributed by atoms with E-state index in [1.54, 1.807) is 0 Å². The van der Waals surface area contributed by atoms with Gasteiger partial charge in [0.15, 0.2) is 0 Å². The van der Waals surface area contributed by atoms with Gasteiger partial charge in [-0.05, 0) is 25.5 Å². The summed E-state index contributed by atoms with van der Waals surface area (Å²) >= 11 is 2.12. The third-order valence-corrected chi connectivity index (χ3v) is 4.99. The van der Waals surface area contributed by atoms with Crippen molar-refractivity contribution in [1.29, 1.82) is 0 Å². The van der Waals surface area contributed by atoms with Crippen LogP contribution in [0, 0.1) is 0 Å². The summed E-state index contributed by atoms with van der Waals surface area (Å²) in [6.45, 7) is 9.85. The topological polar surface area (TPSA) is 28.4 Å². The average Bonchev–Trinajstić information content (AvgIpc) is 2.87. The van der Waals surface area contributed by atoms with E-state index in [0.29, 0.717) is 0 Å². The monoisotopic (exact) mass is 282 g/mol. The van der Waals surface area contributed by atoms with E-state index < -0.39 is 0 Å². The number of furan rings is 1. The Morgan fingerprint density at radius 2 is 2.37 bits per heavy atom. The second kappa shape index (κ2) is 7.98. The molecule has 19 heavy (non-hydrogen) atoms. The van der Waals surface area contributed by atoms with Gasteiger partial charge in [-0.2, -0.15) is 11.8 Å². The highest BCUT2D eigenvalue weighted by Crippen LogP contribution is 2.23. The fourth-order valence-electron chi connectivity index (χ4n) is 2.45. The molecule has 1 aromatic heterocycles. The maximum absolute atomic E-state index is 5.61. The van der Waals surface area contributed by atoms with Crippen molar-refractivity contribution in [1.82, 2.24) is 10.2 Å². The molecule has 1 saturated heterocycles. The Kier molecular flexibility index (Phi) is 6.28. The normalized spacial score (nSPS) is 20.8. The summed E-state index contributed by atoms with van der Waals surface area (Å²) in [6, 6.07) is 2.13. The first kappa shape index (κ1) is 14.9. The van der Waals surface area contributed by atoms with Gasteiger partial charge in [-0.25, -0.2) is 0 Å². The van der Waals surface area contributed by atoms with Crippen LogP contribution in [0.3, 0.4) is 0 Å². The van der Waals surface area contributed by atoms with Gasteiger partial charge in [-0.3, -0.25) is 4.90 Å². The van der Waals surface area contributed by atoms with Crippen LogP contribution >= 0.6 is 11.8 Å². The van der Waals surface area contributed by atoms with Crippen LogP contribution in [-0.4, -0.2) is 35.5 Å². The highest BCUT2D eigenvalue weighted by Gasteiger charge is 2.20. The Morgan fingerprint density at radius 3 is 3.16 bits per heavy atom. The van der Waals surface area contributed by atoms with Gasteiger partial charge in [0, 0.05) is 36.2 Å². The molecule has 1 N–H and O–H groups in total. The molecule has 1 fully saturated rings. The number of rotatable bonds is 7. The second-order valence-electron chi connectivity index (χ2n) is 5.18. The first-order chi connectivity index (χ1) is 9.33. The molecule has 0 aromatic carbocycles. The van der Waals surface area contributed by atoms with Gasteiger partial charge in [-0.1, -0.05) is 13.8 Å². The van der Waals surface area contributed by atoms with Gasteiger partial charge >= 0.3 is 0 Å². The molecular formula is C15H26N2OS. The van der Waals surface area contributed by atoms with Gasteiger partial charge in [0.05, 0.1) is 12.8 Å². The Bertz CT molecular complexity index is 367. The first-order valence-electron chi connectivity index (χ1n) is 7.43. The number of nitrogens with zero attached hydrogens (tertiary/aromatic N) is 1. The van der Waals surface area contributed by atoms with Crippen molar-refractivity contribution in [3.63, 3.8) is 0 Å². The number of nitrogens with one attached hydrogen (secondary N) is 1. The van der Waals surface area contributed by atoms with Crippen LogP contribution in [0.2, 0.25) is 0 Å². The molecule has 0 bridgehead atoms. The second-order valence-corrected chi connectivity index (χ2v) is 6.59.